The summed E-state index contributed by atoms with van der Waals surface area (Å²) in [6.45, 7) is 1.04. The molecule has 2 aromatic heterocycles. The molecule has 0 radical (unpaired) electrons. The van der Waals surface area contributed by atoms with Gasteiger partial charge in [-0.3, -0.25) is 4.99 Å². The first-order chi connectivity index (χ1) is 16.8. The van der Waals surface area contributed by atoms with Crippen LogP contribution in [0.1, 0.15) is 19.4 Å². The monoisotopic (exact) mass is 528 g/mol. The lowest BCUT2D eigenvalue weighted by Crippen LogP contribution is -2.46. The summed E-state index contributed by atoms with van der Waals surface area (Å²) in [4.78, 5) is 12.0. The number of nitrogens with two attached hydrogens (primary N) is 1. The van der Waals surface area contributed by atoms with Crippen LogP contribution in [0.4, 0.5) is 17.6 Å². The minimum atomic E-state index is -4.71. The van der Waals surface area contributed by atoms with Gasteiger partial charge in [-0.1, -0.05) is 5.16 Å². The Bertz CT molecular complexity index is 1380. The third-order valence-corrected chi connectivity index (χ3v) is 8.45. The number of benzene rings is 1. The smallest absolute Gasteiger partial charge is 0.408 e. The van der Waals surface area contributed by atoms with Crippen LogP contribution < -0.4 is 10.5 Å². The van der Waals surface area contributed by atoms with Crippen molar-refractivity contribution in [2.45, 2.75) is 30.5 Å². The van der Waals surface area contributed by atoms with E-state index < -0.39 is 38.8 Å². The van der Waals surface area contributed by atoms with Crippen LogP contribution in [0.2, 0.25) is 0 Å². The van der Waals surface area contributed by atoms with E-state index in [-0.39, 0.29) is 17.2 Å². The van der Waals surface area contributed by atoms with Crippen molar-refractivity contribution < 1.29 is 31.0 Å². The molecule has 1 aromatic carbocycles. The van der Waals surface area contributed by atoms with Crippen LogP contribution in [0.5, 0.6) is 5.88 Å². The minimum Gasteiger partial charge on any atom is -0.480 e. The van der Waals surface area contributed by atoms with Gasteiger partial charge in [-0.15, -0.1) is 0 Å². The molecule has 0 bridgehead atoms. The van der Waals surface area contributed by atoms with Crippen molar-refractivity contribution in [1.82, 2.24) is 15.1 Å². The van der Waals surface area contributed by atoms with Gasteiger partial charge < -0.3 is 15.0 Å². The van der Waals surface area contributed by atoms with Crippen molar-refractivity contribution in [3.8, 4) is 28.6 Å². The molecule has 2 heterocycles. The predicted molar refractivity (Wildman–Crippen MR) is 126 cm³/mol. The second-order valence-electron chi connectivity index (χ2n) is 8.13. The van der Waals surface area contributed by atoms with Crippen LogP contribution >= 0.6 is 0 Å². The molecule has 0 fully saturated rings. The van der Waals surface area contributed by atoms with Crippen LogP contribution in [0.3, 0.4) is 0 Å². The first kappa shape index (κ1) is 27.0. The van der Waals surface area contributed by atoms with Crippen LogP contribution in [-0.2, 0) is 15.5 Å². The zero-order valence-corrected chi connectivity index (χ0v) is 20.7. The fraction of sp³-hybridized carbons (Fsp3) is 0.364. The quantitative estimate of drug-likeness (QED) is 0.263. The summed E-state index contributed by atoms with van der Waals surface area (Å²) in [5.74, 6) is -1.07. The fourth-order valence-electron chi connectivity index (χ4n) is 3.13. The van der Waals surface area contributed by atoms with E-state index in [9.17, 15) is 21.8 Å². The van der Waals surface area contributed by atoms with Crippen LogP contribution in [0.25, 0.3) is 22.7 Å². The molecule has 9 nitrogen and oxygen atoms in total. The maximum absolute atomic E-state index is 14.8. The number of nitrogens with zero attached hydrogens (tertiary/aromatic N) is 5. The van der Waals surface area contributed by atoms with E-state index in [0.717, 1.165) is 6.07 Å². The summed E-state index contributed by atoms with van der Waals surface area (Å²) < 4.78 is 79.7. The molecule has 0 saturated carbocycles. The summed E-state index contributed by atoms with van der Waals surface area (Å²) in [7, 11) is -1.03. The Morgan fingerprint density at radius 3 is 2.47 bits per heavy atom. The van der Waals surface area contributed by atoms with E-state index in [2.05, 4.69) is 24.5 Å². The number of aromatic nitrogens is 3. The normalized spacial score (nSPS) is 14.4. The predicted octanol–water partition coefficient (Wildman–Crippen LogP) is 4.24. The maximum atomic E-state index is 14.8. The SMILES string of the molecule is CN=C(N)C(C)(C)S(=O)(Cc1cc(-c2cc(-c3cnc(OC)cn3)no2)ccc1F)=NCC(F)(F)F. The number of hydrogen-bond donors (Lipinski definition) is 1. The number of methoxy groups -OCH3 is 1. The molecule has 0 saturated heterocycles. The second kappa shape index (κ2) is 10.2. The van der Waals surface area contributed by atoms with Crippen molar-refractivity contribution in [2.75, 3.05) is 20.7 Å². The molecule has 0 aliphatic rings. The minimum absolute atomic E-state index is 0.136. The molecule has 3 rings (SSSR count). The first-order valence-electron chi connectivity index (χ1n) is 10.4. The number of amidine groups is 1. The van der Waals surface area contributed by atoms with Gasteiger partial charge >= 0.3 is 6.18 Å². The van der Waals surface area contributed by atoms with Crippen LogP contribution in [0.15, 0.2) is 50.5 Å². The molecule has 14 heteroatoms. The molecular formula is C22H24F4N6O3S. The van der Waals surface area contributed by atoms with E-state index in [0.29, 0.717) is 22.8 Å². The molecule has 1 unspecified atom stereocenters. The van der Waals surface area contributed by atoms with Gasteiger partial charge in [0.1, 0.15) is 34.3 Å². The van der Waals surface area contributed by atoms with Gasteiger partial charge in [0.25, 0.3) is 0 Å². The first-order valence-corrected chi connectivity index (χ1v) is 12.1. The Morgan fingerprint density at radius 1 is 1.17 bits per heavy atom. The highest BCUT2D eigenvalue weighted by atomic mass is 32.2. The maximum Gasteiger partial charge on any atom is 0.408 e. The highest BCUT2D eigenvalue weighted by Crippen LogP contribution is 2.31. The lowest BCUT2D eigenvalue weighted by molar-refractivity contribution is -0.117. The number of aliphatic imine (C=N–C) groups is 1. The van der Waals surface area contributed by atoms with Crippen molar-refractivity contribution >= 4 is 15.6 Å². The lowest BCUT2D eigenvalue weighted by atomic mass is 10.1. The molecule has 1 atom stereocenters. The van der Waals surface area contributed by atoms with Gasteiger partial charge in [0.15, 0.2) is 5.76 Å². The van der Waals surface area contributed by atoms with Gasteiger partial charge in [0, 0.05) is 24.2 Å². The summed E-state index contributed by atoms with van der Waals surface area (Å²) in [6, 6.07) is 5.33. The number of ether oxygens (including phenoxy) is 1. The molecule has 36 heavy (non-hydrogen) atoms. The van der Waals surface area contributed by atoms with Crippen LogP contribution in [0, 0.1) is 5.82 Å². The highest BCUT2D eigenvalue weighted by molar-refractivity contribution is 7.95. The molecular weight excluding hydrogens is 504 g/mol. The Balaban J connectivity index is 2.02. The molecule has 0 spiro atoms. The van der Waals surface area contributed by atoms with Gasteiger partial charge in [-0.25, -0.2) is 22.9 Å². The third kappa shape index (κ3) is 5.80. The van der Waals surface area contributed by atoms with E-state index in [1.807, 2.05) is 0 Å². The Labute approximate surface area is 205 Å². The second-order valence-corrected chi connectivity index (χ2v) is 11.0. The Hall–Kier alpha value is -3.55. The fourth-order valence-corrected chi connectivity index (χ4v) is 5.32. The van der Waals surface area contributed by atoms with E-state index in [1.165, 1.54) is 58.6 Å². The van der Waals surface area contributed by atoms with E-state index >= 15 is 0 Å². The topological polar surface area (TPSA) is 129 Å². The van der Waals surface area contributed by atoms with Crippen molar-refractivity contribution in [1.29, 1.82) is 0 Å². The van der Waals surface area contributed by atoms with Gasteiger partial charge in [-0.05, 0) is 32.0 Å². The van der Waals surface area contributed by atoms with Gasteiger partial charge in [0.2, 0.25) is 5.88 Å². The van der Waals surface area contributed by atoms with Gasteiger partial charge in [0.05, 0.1) is 35.0 Å². The Kier molecular flexibility index (Phi) is 7.67. The lowest BCUT2D eigenvalue weighted by Gasteiger charge is -2.29. The van der Waals surface area contributed by atoms with Crippen molar-refractivity contribution in [3.63, 3.8) is 0 Å². The molecule has 3 aromatic rings. The molecule has 0 aliphatic heterocycles. The molecule has 2 N–H and O–H groups in total. The average Bonchev–Trinajstić information content (AvgIpc) is 3.33. The number of rotatable bonds is 8. The van der Waals surface area contributed by atoms with Crippen LogP contribution in [-0.4, -0.2) is 56.8 Å². The van der Waals surface area contributed by atoms with E-state index in [4.69, 9.17) is 15.0 Å². The molecule has 194 valence electrons. The number of hydrogen-bond acceptors (Lipinski definition) is 8. The highest BCUT2D eigenvalue weighted by Gasteiger charge is 2.38. The van der Waals surface area contributed by atoms with Crippen molar-refractivity contribution in [3.05, 3.63) is 48.0 Å². The average molecular weight is 529 g/mol. The zero-order valence-electron chi connectivity index (χ0n) is 19.8. The standard InChI is InChI=1S/C22H24F4N6O3S/c1-21(2,20(27)28-3)36(33,31-12-22(24,25)26)11-14-7-13(5-6-15(14)23)18-8-16(32-35-18)17-9-30-19(34-4)10-29-17/h5-10H,11-12H2,1-4H3,(H2,27,28). The Morgan fingerprint density at radius 2 is 1.89 bits per heavy atom. The van der Waals surface area contributed by atoms with Crippen molar-refractivity contribution in [2.24, 2.45) is 15.1 Å². The summed E-state index contributed by atoms with van der Waals surface area (Å²) >= 11 is 0. The van der Waals surface area contributed by atoms with Gasteiger partial charge in [-0.2, -0.15) is 13.2 Å². The van der Waals surface area contributed by atoms with E-state index in [1.54, 1.807) is 0 Å². The summed E-state index contributed by atoms with van der Waals surface area (Å²) in [6.07, 6.45) is -1.89. The third-order valence-electron chi connectivity index (χ3n) is 5.40. The number of halogens is 4. The summed E-state index contributed by atoms with van der Waals surface area (Å²) in [5.41, 5.74) is 6.79. The summed E-state index contributed by atoms with van der Waals surface area (Å²) in [5, 5.41) is 3.93. The molecule has 0 amide bonds. The number of alkyl halides is 3. The molecule has 0 aliphatic carbocycles. The largest absolute Gasteiger partial charge is 0.480 e. The zero-order chi connectivity index (χ0) is 26.7.